The third kappa shape index (κ3) is 5.94. The molecule has 1 saturated heterocycles. The van der Waals surface area contributed by atoms with Gasteiger partial charge in [0.25, 0.3) is 0 Å². The number of hydrogen-bond donors (Lipinski definition) is 1. The number of ether oxygens (including phenoxy) is 1. The van der Waals surface area contributed by atoms with Crippen molar-refractivity contribution in [1.82, 2.24) is 9.80 Å². The van der Waals surface area contributed by atoms with E-state index in [1.165, 1.54) is 7.11 Å². The molecule has 1 aromatic rings. The summed E-state index contributed by atoms with van der Waals surface area (Å²) in [5.74, 6) is -0.492. The number of carbonyl (C=O) groups is 3. The monoisotopic (exact) mass is 367 g/mol. The first kappa shape index (κ1) is 19.1. The Morgan fingerprint density at radius 1 is 1.12 bits per heavy atom. The van der Waals surface area contributed by atoms with Gasteiger partial charge in [-0.05, 0) is 24.6 Å². The lowest BCUT2D eigenvalue weighted by Gasteiger charge is -2.22. The fourth-order valence-electron chi connectivity index (χ4n) is 2.61. The summed E-state index contributed by atoms with van der Waals surface area (Å²) in [5.41, 5.74) is 0.632. The highest BCUT2D eigenvalue weighted by atomic mass is 35.5. The first-order valence-electron chi connectivity index (χ1n) is 8.15. The minimum absolute atomic E-state index is 0.0742. The SMILES string of the molecule is COC(=O)CCC(=O)N1CCCN(C(=O)Nc2cccc(Cl)c2)CC1. The highest BCUT2D eigenvalue weighted by Gasteiger charge is 2.22. The second-order valence-corrected chi connectivity index (χ2v) is 6.17. The number of benzene rings is 1. The van der Waals surface area contributed by atoms with E-state index < -0.39 is 5.97 Å². The molecule has 2 rings (SSSR count). The van der Waals surface area contributed by atoms with Gasteiger partial charge in [0.2, 0.25) is 5.91 Å². The maximum absolute atomic E-state index is 12.4. The second-order valence-electron chi connectivity index (χ2n) is 5.74. The Bertz CT molecular complexity index is 638. The Morgan fingerprint density at radius 2 is 1.84 bits per heavy atom. The number of carbonyl (C=O) groups excluding carboxylic acids is 3. The van der Waals surface area contributed by atoms with E-state index in [2.05, 4.69) is 10.1 Å². The van der Waals surface area contributed by atoms with Gasteiger partial charge < -0.3 is 19.9 Å². The second kappa shape index (κ2) is 9.27. The Kier molecular flexibility index (Phi) is 7.06. The summed E-state index contributed by atoms with van der Waals surface area (Å²) in [6, 6.07) is 6.74. The van der Waals surface area contributed by atoms with Gasteiger partial charge in [-0.2, -0.15) is 0 Å². The number of anilines is 1. The molecule has 8 heteroatoms. The largest absolute Gasteiger partial charge is 0.469 e. The lowest BCUT2D eigenvalue weighted by molar-refractivity contribution is -0.143. The third-order valence-corrected chi connectivity index (χ3v) is 4.22. The van der Waals surface area contributed by atoms with Crippen LogP contribution in [0, 0.1) is 0 Å². The molecule has 0 spiro atoms. The van der Waals surface area contributed by atoms with E-state index in [0.29, 0.717) is 43.3 Å². The molecule has 1 aromatic carbocycles. The van der Waals surface area contributed by atoms with Crippen molar-refractivity contribution in [3.63, 3.8) is 0 Å². The lowest BCUT2D eigenvalue weighted by atomic mass is 10.2. The third-order valence-electron chi connectivity index (χ3n) is 3.98. The molecule has 0 radical (unpaired) electrons. The molecule has 3 amide bonds. The fraction of sp³-hybridized carbons (Fsp3) is 0.471. The molecular weight excluding hydrogens is 346 g/mol. The molecule has 0 bridgehead atoms. The standard InChI is InChI=1S/C17H22ClN3O4/c1-25-16(23)7-6-15(22)20-8-3-9-21(11-10-20)17(24)19-14-5-2-4-13(18)12-14/h2,4-5,12H,3,6-11H2,1H3,(H,19,24). The lowest BCUT2D eigenvalue weighted by Crippen LogP contribution is -2.39. The highest BCUT2D eigenvalue weighted by Crippen LogP contribution is 2.16. The number of amides is 3. The first-order chi connectivity index (χ1) is 12.0. The van der Waals surface area contributed by atoms with Gasteiger partial charge in [-0.1, -0.05) is 17.7 Å². The van der Waals surface area contributed by atoms with Crippen LogP contribution < -0.4 is 5.32 Å². The minimum Gasteiger partial charge on any atom is -0.469 e. The molecule has 0 atom stereocenters. The van der Waals surface area contributed by atoms with E-state index in [9.17, 15) is 14.4 Å². The van der Waals surface area contributed by atoms with Crippen molar-refractivity contribution in [2.45, 2.75) is 19.3 Å². The van der Waals surface area contributed by atoms with Crippen molar-refractivity contribution in [3.05, 3.63) is 29.3 Å². The van der Waals surface area contributed by atoms with Crippen molar-refractivity contribution in [2.24, 2.45) is 0 Å². The number of halogens is 1. The molecule has 1 N–H and O–H groups in total. The maximum atomic E-state index is 12.4. The van der Waals surface area contributed by atoms with Gasteiger partial charge in [0.05, 0.1) is 13.5 Å². The average Bonchev–Trinajstić information content (AvgIpc) is 2.85. The average molecular weight is 368 g/mol. The van der Waals surface area contributed by atoms with E-state index in [1.807, 2.05) is 0 Å². The summed E-state index contributed by atoms with van der Waals surface area (Å²) in [6.07, 6.45) is 0.888. The summed E-state index contributed by atoms with van der Waals surface area (Å²) in [7, 11) is 1.30. The van der Waals surface area contributed by atoms with E-state index >= 15 is 0 Å². The topological polar surface area (TPSA) is 79.0 Å². The molecule has 1 fully saturated rings. The molecular formula is C17H22ClN3O4. The van der Waals surface area contributed by atoms with Crippen LogP contribution in [0.1, 0.15) is 19.3 Å². The summed E-state index contributed by atoms with van der Waals surface area (Å²) in [6.45, 7) is 2.02. The van der Waals surface area contributed by atoms with Crippen LogP contribution in [0.25, 0.3) is 0 Å². The van der Waals surface area contributed by atoms with E-state index in [1.54, 1.807) is 34.1 Å². The van der Waals surface area contributed by atoms with Crippen molar-refractivity contribution in [3.8, 4) is 0 Å². The number of hydrogen-bond acceptors (Lipinski definition) is 4. The van der Waals surface area contributed by atoms with E-state index in [4.69, 9.17) is 11.6 Å². The van der Waals surface area contributed by atoms with E-state index in [0.717, 1.165) is 0 Å². The Hall–Kier alpha value is -2.28. The van der Waals surface area contributed by atoms with Gasteiger partial charge in [0.15, 0.2) is 0 Å². The Morgan fingerprint density at radius 3 is 2.56 bits per heavy atom. The van der Waals surface area contributed by atoms with Crippen molar-refractivity contribution >= 4 is 35.2 Å². The number of nitrogens with zero attached hydrogens (tertiary/aromatic N) is 2. The van der Waals surface area contributed by atoms with Gasteiger partial charge in [-0.25, -0.2) is 4.79 Å². The van der Waals surface area contributed by atoms with Crippen LogP contribution in [0.4, 0.5) is 10.5 Å². The number of esters is 1. The maximum Gasteiger partial charge on any atom is 0.321 e. The Balaban J connectivity index is 1.84. The molecule has 25 heavy (non-hydrogen) atoms. The number of rotatable bonds is 4. The molecule has 136 valence electrons. The van der Waals surface area contributed by atoms with Crippen molar-refractivity contribution < 1.29 is 19.1 Å². The zero-order chi connectivity index (χ0) is 18.2. The zero-order valence-electron chi connectivity index (χ0n) is 14.2. The number of nitrogens with one attached hydrogen (secondary N) is 1. The Labute approximate surface area is 151 Å². The summed E-state index contributed by atoms with van der Waals surface area (Å²) in [5, 5.41) is 3.36. The first-order valence-corrected chi connectivity index (χ1v) is 8.53. The van der Waals surface area contributed by atoms with Crippen LogP contribution in [0.15, 0.2) is 24.3 Å². The molecule has 1 aliphatic rings. The smallest absolute Gasteiger partial charge is 0.321 e. The molecule has 0 saturated carbocycles. The minimum atomic E-state index is -0.398. The van der Waals surface area contributed by atoms with Crippen LogP contribution in [0.3, 0.4) is 0 Å². The predicted molar refractivity (Wildman–Crippen MR) is 94.5 cm³/mol. The predicted octanol–water partition coefficient (Wildman–Crippen LogP) is 2.36. The number of urea groups is 1. The van der Waals surface area contributed by atoms with Crippen LogP contribution >= 0.6 is 11.6 Å². The summed E-state index contributed by atoms with van der Waals surface area (Å²) >= 11 is 5.91. The summed E-state index contributed by atoms with van der Waals surface area (Å²) < 4.78 is 4.55. The van der Waals surface area contributed by atoms with Crippen LogP contribution in [0.5, 0.6) is 0 Å². The van der Waals surface area contributed by atoms with Crippen molar-refractivity contribution in [2.75, 3.05) is 38.6 Å². The molecule has 1 aliphatic heterocycles. The summed E-state index contributed by atoms with van der Waals surface area (Å²) in [4.78, 5) is 39.0. The van der Waals surface area contributed by atoms with Crippen LogP contribution in [0.2, 0.25) is 5.02 Å². The van der Waals surface area contributed by atoms with Crippen LogP contribution in [-0.4, -0.2) is 61.0 Å². The van der Waals surface area contributed by atoms with Gasteiger partial charge in [0, 0.05) is 43.3 Å². The van der Waals surface area contributed by atoms with E-state index in [-0.39, 0.29) is 24.8 Å². The van der Waals surface area contributed by atoms with Gasteiger partial charge in [-0.3, -0.25) is 9.59 Å². The molecule has 0 aliphatic carbocycles. The van der Waals surface area contributed by atoms with Crippen LogP contribution in [-0.2, 0) is 14.3 Å². The quantitative estimate of drug-likeness (QED) is 0.828. The van der Waals surface area contributed by atoms with Gasteiger partial charge >= 0.3 is 12.0 Å². The van der Waals surface area contributed by atoms with Crippen molar-refractivity contribution in [1.29, 1.82) is 0 Å². The molecule has 0 unspecified atom stereocenters. The molecule has 7 nitrogen and oxygen atoms in total. The molecule has 0 aromatic heterocycles. The number of methoxy groups -OCH3 is 1. The van der Waals surface area contributed by atoms with Gasteiger partial charge in [-0.15, -0.1) is 0 Å². The fourth-order valence-corrected chi connectivity index (χ4v) is 2.80. The normalized spacial score (nSPS) is 14.6. The van der Waals surface area contributed by atoms with Gasteiger partial charge in [0.1, 0.15) is 0 Å². The zero-order valence-corrected chi connectivity index (χ0v) is 14.9. The molecule has 1 heterocycles. The highest BCUT2D eigenvalue weighted by molar-refractivity contribution is 6.30.